The number of fused-ring (bicyclic) bond motifs is 1. The van der Waals surface area contributed by atoms with Crippen LogP contribution in [0, 0.1) is 10.1 Å². The van der Waals surface area contributed by atoms with Crippen LogP contribution < -0.4 is 10.9 Å². The van der Waals surface area contributed by atoms with Crippen molar-refractivity contribution in [1.82, 2.24) is 9.97 Å². The van der Waals surface area contributed by atoms with E-state index in [1.54, 1.807) is 0 Å². The highest BCUT2D eigenvalue weighted by molar-refractivity contribution is 5.86. The molecular formula is C16H20N4O5. The standard InChI is InChI=1S/C16H20N4O5/c21-16-12-7-15(20(22)23)14(8-13(12)18-10-19-16)17-4-2-5-24-9-11-3-1-6-25-11/h7-8,10-11,17H,1-6,9H2,(H,18,19,21)/t11-/m0/s1. The van der Waals surface area contributed by atoms with E-state index in [-0.39, 0.29) is 17.2 Å². The van der Waals surface area contributed by atoms with Crippen LogP contribution in [0.2, 0.25) is 0 Å². The molecule has 1 atom stereocenters. The average Bonchev–Trinajstić information content (AvgIpc) is 3.11. The van der Waals surface area contributed by atoms with Gasteiger partial charge in [0.25, 0.3) is 11.2 Å². The molecule has 3 rings (SSSR count). The number of nitrogens with zero attached hydrogens (tertiary/aromatic N) is 2. The lowest BCUT2D eigenvalue weighted by Gasteiger charge is -2.11. The van der Waals surface area contributed by atoms with Gasteiger partial charge in [-0.15, -0.1) is 0 Å². The lowest BCUT2D eigenvalue weighted by molar-refractivity contribution is -0.383. The molecule has 2 aromatic rings. The topological polar surface area (TPSA) is 119 Å². The van der Waals surface area contributed by atoms with Gasteiger partial charge in [-0.25, -0.2) is 4.98 Å². The highest BCUT2D eigenvalue weighted by atomic mass is 16.6. The summed E-state index contributed by atoms with van der Waals surface area (Å²) in [5, 5.41) is 14.5. The summed E-state index contributed by atoms with van der Waals surface area (Å²) in [5.74, 6) is 0. The van der Waals surface area contributed by atoms with E-state index in [4.69, 9.17) is 9.47 Å². The number of aromatic nitrogens is 2. The van der Waals surface area contributed by atoms with Crippen molar-refractivity contribution in [1.29, 1.82) is 0 Å². The minimum absolute atomic E-state index is 0.147. The van der Waals surface area contributed by atoms with E-state index >= 15 is 0 Å². The minimum atomic E-state index is -0.512. The second-order valence-electron chi connectivity index (χ2n) is 5.87. The van der Waals surface area contributed by atoms with E-state index in [1.165, 1.54) is 18.5 Å². The van der Waals surface area contributed by atoms with Crippen molar-refractivity contribution in [3.05, 3.63) is 38.9 Å². The zero-order valence-corrected chi connectivity index (χ0v) is 13.7. The molecule has 9 heteroatoms. The molecular weight excluding hydrogens is 328 g/mol. The van der Waals surface area contributed by atoms with Gasteiger partial charge in [-0.2, -0.15) is 0 Å². The average molecular weight is 348 g/mol. The molecule has 0 unspecified atom stereocenters. The predicted molar refractivity (Wildman–Crippen MR) is 91.9 cm³/mol. The van der Waals surface area contributed by atoms with Crippen LogP contribution in [0.3, 0.4) is 0 Å². The van der Waals surface area contributed by atoms with Gasteiger partial charge in [-0.05, 0) is 25.3 Å². The van der Waals surface area contributed by atoms with Crippen LogP contribution in [-0.2, 0) is 9.47 Å². The lowest BCUT2D eigenvalue weighted by Crippen LogP contribution is -2.16. The van der Waals surface area contributed by atoms with Crippen molar-refractivity contribution < 1.29 is 14.4 Å². The normalized spacial score (nSPS) is 17.0. The zero-order chi connectivity index (χ0) is 17.6. The molecule has 0 bridgehead atoms. The summed E-state index contributed by atoms with van der Waals surface area (Å²) < 4.78 is 11.0. The maximum atomic E-state index is 11.7. The number of hydrogen-bond acceptors (Lipinski definition) is 7. The number of hydrogen-bond donors (Lipinski definition) is 2. The third-order valence-corrected chi connectivity index (χ3v) is 4.06. The quantitative estimate of drug-likeness (QED) is 0.424. The van der Waals surface area contributed by atoms with Gasteiger partial charge in [0.2, 0.25) is 0 Å². The van der Waals surface area contributed by atoms with Gasteiger partial charge in [0.15, 0.2) is 0 Å². The molecule has 0 aliphatic carbocycles. The third kappa shape index (κ3) is 4.31. The predicted octanol–water partition coefficient (Wildman–Crippen LogP) is 1.83. The summed E-state index contributed by atoms with van der Waals surface area (Å²) in [4.78, 5) is 28.9. The fourth-order valence-electron chi connectivity index (χ4n) is 2.78. The number of rotatable bonds is 8. The molecule has 1 aromatic carbocycles. The van der Waals surface area contributed by atoms with E-state index in [9.17, 15) is 14.9 Å². The first kappa shape index (κ1) is 17.3. The van der Waals surface area contributed by atoms with Crippen LogP contribution >= 0.6 is 0 Å². The van der Waals surface area contributed by atoms with Crippen molar-refractivity contribution in [3.63, 3.8) is 0 Å². The number of nitro benzene ring substituents is 1. The molecule has 1 aromatic heterocycles. The number of benzene rings is 1. The van der Waals surface area contributed by atoms with Gasteiger partial charge in [0.1, 0.15) is 5.69 Å². The van der Waals surface area contributed by atoms with E-state index in [0.29, 0.717) is 37.4 Å². The number of H-pyrrole nitrogens is 1. The number of ether oxygens (including phenoxy) is 2. The molecule has 25 heavy (non-hydrogen) atoms. The molecule has 1 saturated heterocycles. The first-order valence-electron chi connectivity index (χ1n) is 8.24. The monoisotopic (exact) mass is 348 g/mol. The highest BCUT2D eigenvalue weighted by Crippen LogP contribution is 2.27. The lowest BCUT2D eigenvalue weighted by atomic mass is 10.2. The Morgan fingerprint density at radius 1 is 1.48 bits per heavy atom. The number of nitrogens with one attached hydrogen (secondary N) is 2. The summed E-state index contributed by atoms with van der Waals surface area (Å²) in [7, 11) is 0. The van der Waals surface area contributed by atoms with E-state index < -0.39 is 10.5 Å². The molecule has 0 spiro atoms. The maximum Gasteiger partial charge on any atom is 0.293 e. The molecule has 9 nitrogen and oxygen atoms in total. The Balaban J connectivity index is 1.57. The van der Waals surface area contributed by atoms with Gasteiger partial charge in [0, 0.05) is 25.8 Å². The molecule has 2 heterocycles. The summed E-state index contributed by atoms with van der Waals surface area (Å²) in [5.41, 5.74) is 0.203. The van der Waals surface area contributed by atoms with Crippen LogP contribution in [0.4, 0.5) is 11.4 Å². The second-order valence-corrected chi connectivity index (χ2v) is 5.87. The van der Waals surface area contributed by atoms with E-state index in [0.717, 1.165) is 19.4 Å². The van der Waals surface area contributed by atoms with Crippen LogP contribution in [0.5, 0.6) is 0 Å². The number of anilines is 1. The summed E-state index contributed by atoms with van der Waals surface area (Å²) in [6.07, 6.45) is 4.29. The van der Waals surface area contributed by atoms with Crippen molar-refractivity contribution in [2.75, 3.05) is 31.7 Å². The zero-order valence-electron chi connectivity index (χ0n) is 13.7. The minimum Gasteiger partial charge on any atom is -0.379 e. The van der Waals surface area contributed by atoms with Crippen molar-refractivity contribution in [2.45, 2.75) is 25.4 Å². The Morgan fingerprint density at radius 3 is 3.12 bits per heavy atom. The van der Waals surface area contributed by atoms with Gasteiger partial charge < -0.3 is 19.8 Å². The SMILES string of the molecule is O=c1[nH]cnc2cc(NCCCOC[C@@H]3CCCO3)c([N+](=O)[O-])cc12. The Bertz CT molecular complexity index is 801. The summed E-state index contributed by atoms with van der Waals surface area (Å²) in [6, 6.07) is 2.77. The second kappa shape index (κ2) is 8.04. The fraction of sp³-hybridized carbons (Fsp3) is 0.500. The van der Waals surface area contributed by atoms with E-state index in [2.05, 4.69) is 15.3 Å². The Hall–Kier alpha value is -2.52. The van der Waals surface area contributed by atoms with Crippen molar-refractivity contribution in [2.24, 2.45) is 0 Å². The largest absolute Gasteiger partial charge is 0.379 e. The molecule has 1 aliphatic rings. The van der Waals surface area contributed by atoms with Crippen LogP contribution in [0.1, 0.15) is 19.3 Å². The first-order valence-corrected chi connectivity index (χ1v) is 8.24. The molecule has 2 N–H and O–H groups in total. The Kier molecular flexibility index (Phi) is 5.56. The van der Waals surface area contributed by atoms with Gasteiger partial charge >= 0.3 is 0 Å². The third-order valence-electron chi connectivity index (χ3n) is 4.06. The van der Waals surface area contributed by atoms with Gasteiger partial charge in [-0.1, -0.05) is 0 Å². The molecule has 1 fully saturated rings. The number of aromatic amines is 1. The molecule has 1 aliphatic heterocycles. The van der Waals surface area contributed by atoms with Crippen molar-refractivity contribution in [3.8, 4) is 0 Å². The van der Waals surface area contributed by atoms with Gasteiger partial charge in [0.05, 0.1) is 34.9 Å². The Morgan fingerprint density at radius 2 is 2.36 bits per heavy atom. The fourth-order valence-corrected chi connectivity index (χ4v) is 2.78. The first-order chi connectivity index (χ1) is 12.1. The van der Waals surface area contributed by atoms with Crippen molar-refractivity contribution >= 4 is 22.3 Å². The van der Waals surface area contributed by atoms with E-state index in [1.807, 2.05) is 0 Å². The van der Waals surface area contributed by atoms with Crippen LogP contribution in [-0.4, -0.2) is 47.4 Å². The van der Waals surface area contributed by atoms with Gasteiger partial charge in [-0.3, -0.25) is 14.9 Å². The van der Waals surface area contributed by atoms with Crippen LogP contribution in [0.15, 0.2) is 23.3 Å². The summed E-state index contributed by atoms with van der Waals surface area (Å²) in [6.45, 7) is 2.45. The number of nitro groups is 1. The smallest absolute Gasteiger partial charge is 0.293 e. The molecule has 0 radical (unpaired) electrons. The molecule has 0 amide bonds. The van der Waals surface area contributed by atoms with Crippen LogP contribution in [0.25, 0.3) is 10.9 Å². The Labute approximate surface area is 143 Å². The molecule has 0 saturated carbocycles. The highest BCUT2D eigenvalue weighted by Gasteiger charge is 2.17. The molecule has 134 valence electrons. The maximum absolute atomic E-state index is 11.7. The summed E-state index contributed by atoms with van der Waals surface area (Å²) >= 11 is 0.